The van der Waals surface area contributed by atoms with Crippen molar-refractivity contribution in [1.82, 2.24) is 4.98 Å². The molecule has 0 fully saturated rings. The van der Waals surface area contributed by atoms with Gasteiger partial charge in [0.1, 0.15) is 11.6 Å². The van der Waals surface area contributed by atoms with Crippen LogP contribution in [0.4, 0.5) is 5.82 Å². The van der Waals surface area contributed by atoms with Crippen molar-refractivity contribution in [3.05, 3.63) is 52.6 Å². The molecule has 0 atom stereocenters. The third-order valence-corrected chi connectivity index (χ3v) is 3.78. The van der Waals surface area contributed by atoms with E-state index in [0.717, 1.165) is 22.6 Å². The van der Waals surface area contributed by atoms with Crippen LogP contribution in [0.15, 0.2) is 47.1 Å². The summed E-state index contributed by atoms with van der Waals surface area (Å²) in [5.74, 6) is 1.77. The first-order chi connectivity index (χ1) is 9.51. The quantitative estimate of drug-likeness (QED) is 0.887. The van der Waals surface area contributed by atoms with Gasteiger partial charge in [-0.05, 0) is 45.8 Å². The Hall–Kier alpha value is -1.55. The fraction of sp³-hybridized carbons (Fsp3) is 0.312. The molecule has 1 aromatic heterocycles. The van der Waals surface area contributed by atoms with E-state index in [-0.39, 0.29) is 5.41 Å². The Morgan fingerprint density at radius 2 is 1.85 bits per heavy atom. The number of halogens is 1. The van der Waals surface area contributed by atoms with E-state index < -0.39 is 0 Å². The standard InChI is InChI=1S/C16H19BrN2O/c1-16(2,12-4-7-14(20-3)8-5-12)11-19-15-9-6-13(17)10-18-15/h4-10H,11H2,1-3H3,(H,18,19). The number of methoxy groups -OCH3 is 1. The van der Waals surface area contributed by atoms with Gasteiger partial charge < -0.3 is 10.1 Å². The minimum Gasteiger partial charge on any atom is -0.497 e. The number of anilines is 1. The second kappa shape index (κ2) is 6.27. The molecule has 1 N–H and O–H groups in total. The van der Waals surface area contributed by atoms with Gasteiger partial charge in [0.05, 0.1) is 7.11 Å². The summed E-state index contributed by atoms with van der Waals surface area (Å²) in [6, 6.07) is 12.2. The van der Waals surface area contributed by atoms with Gasteiger partial charge in [-0.25, -0.2) is 4.98 Å². The number of nitrogens with zero attached hydrogens (tertiary/aromatic N) is 1. The van der Waals surface area contributed by atoms with Crippen LogP contribution in [0.2, 0.25) is 0 Å². The second-order valence-corrected chi connectivity index (χ2v) is 6.24. The first-order valence-electron chi connectivity index (χ1n) is 6.51. The van der Waals surface area contributed by atoms with Crippen LogP contribution in [0.5, 0.6) is 5.75 Å². The average Bonchev–Trinajstić information content (AvgIpc) is 2.47. The van der Waals surface area contributed by atoms with Crippen molar-refractivity contribution in [2.24, 2.45) is 0 Å². The summed E-state index contributed by atoms with van der Waals surface area (Å²) >= 11 is 3.38. The van der Waals surface area contributed by atoms with Gasteiger partial charge in [0.15, 0.2) is 0 Å². The Balaban J connectivity index is 2.04. The second-order valence-electron chi connectivity index (χ2n) is 5.33. The van der Waals surface area contributed by atoms with E-state index >= 15 is 0 Å². The van der Waals surface area contributed by atoms with Crippen molar-refractivity contribution < 1.29 is 4.74 Å². The van der Waals surface area contributed by atoms with Crippen LogP contribution in [0.1, 0.15) is 19.4 Å². The molecule has 0 aliphatic heterocycles. The lowest BCUT2D eigenvalue weighted by molar-refractivity contribution is 0.414. The molecular weight excluding hydrogens is 316 g/mol. The van der Waals surface area contributed by atoms with Crippen molar-refractivity contribution in [1.29, 1.82) is 0 Å². The van der Waals surface area contributed by atoms with Crippen LogP contribution in [0.3, 0.4) is 0 Å². The average molecular weight is 335 g/mol. The Labute approximate surface area is 128 Å². The van der Waals surface area contributed by atoms with Crippen LogP contribution in [-0.4, -0.2) is 18.6 Å². The number of nitrogens with one attached hydrogen (secondary N) is 1. The first-order valence-corrected chi connectivity index (χ1v) is 7.30. The highest BCUT2D eigenvalue weighted by atomic mass is 79.9. The van der Waals surface area contributed by atoms with E-state index in [1.54, 1.807) is 13.3 Å². The highest BCUT2D eigenvalue weighted by Gasteiger charge is 2.20. The maximum absolute atomic E-state index is 5.19. The van der Waals surface area contributed by atoms with Gasteiger partial charge >= 0.3 is 0 Å². The third kappa shape index (κ3) is 3.73. The molecule has 4 heteroatoms. The third-order valence-electron chi connectivity index (χ3n) is 3.31. The van der Waals surface area contributed by atoms with Crippen LogP contribution >= 0.6 is 15.9 Å². The summed E-state index contributed by atoms with van der Waals surface area (Å²) in [5.41, 5.74) is 1.28. The van der Waals surface area contributed by atoms with Crippen molar-refractivity contribution in [2.45, 2.75) is 19.3 Å². The minimum atomic E-state index is 0.0149. The summed E-state index contributed by atoms with van der Waals surface area (Å²) in [7, 11) is 1.68. The van der Waals surface area contributed by atoms with E-state index in [1.807, 2.05) is 24.3 Å². The molecule has 1 aromatic carbocycles. The van der Waals surface area contributed by atoms with Gasteiger partial charge in [-0.2, -0.15) is 0 Å². The SMILES string of the molecule is COc1ccc(C(C)(C)CNc2ccc(Br)cn2)cc1. The fourth-order valence-corrected chi connectivity index (χ4v) is 2.17. The van der Waals surface area contributed by atoms with Gasteiger partial charge in [0.25, 0.3) is 0 Å². The minimum absolute atomic E-state index is 0.0149. The molecular formula is C16H19BrN2O. The number of benzene rings is 1. The smallest absolute Gasteiger partial charge is 0.125 e. The van der Waals surface area contributed by atoms with E-state index in [2.05, 4.69) is 52.2 Å². The zero-order valence-corrected chi connectivity index (χ0v) is 13.6. The predicted molar refractivity (Wildman–Crippen MR) is 86.4 cm³/mol. The van der Waals surface area contributed by atoms with Crippen molar-refractivity contribution in [2.75, 3.05) is 19.0 Å². The zero-order chi connectivity index (χ0) is 14.6. The number of pyridine rings is 1. The van der Waals surface area contributed by atoms with Gasteiger partial charge in [-0.1, -0.05) is 26.0 Å². The highest BCUT2D eigenvalue weighted by Crippen LogP contribution is 2.25. The largest absolute Gasteiger partial charge is 0.497 e. The Morgan fingerprint density at radius 3 is 2.40 bits per heavy atom. The zero-order valence-electron chi connectivity index (χ0n) is 12.0. The maximum Gasteiger partial charge on any atom is 0.125 e. The van der Waals surface area contributed by atoms with Crippen LogP contribution in [0, 0.1) is 0 Å². The van der Waals surface area contributed by atoms with Gasteiger partial charge in [-0.15, -0.1) is 0 Å². The van der Waals surface area contributed by atoms with E-state index in [0.29, 0.717) is 0 Å². The van der Waals surface area contributed by atoms with E-state index in [9.17, 15) is 0 Å². The molecule has 3 nitrogen and oxygen atoms in total. The monoisotopic (exact) mass is 334 g/mol. The lowest BCUT2D eigenvalue weighted by Crippen LogP contribution is -2.27. The van der Waals surface area contributed by atoms with Crippen molar-refractivity contribution >= 4 is 21.7 Å². The summed E-state index contributed by atoms with van der Waals surface area (Å²) in [5, 5.41) is 3.38. The maximum atomic E-state index is 5.19. The lowest BCUT2D eigenvalue weighted by atomic mass is 9.84. The van der Waals surface area contributed by atoms with Crippen LogP contribution in [-0.2, 0) is 5.41 Å². The van der Waals surface area contributed by atoms with Crippen molar-refractivity contribution in [3.8, 4) is 5.75 Å². The van der Waals surface area contributed by atoms with Gasteiger partial charge in [-0.3, -0.25) is 0 Å². The summed E-state index contributed by atoms with van der Waals surface area (Å²) in [6.45, 7) is 5.23. The van der Waals surface area contributed by atoms with Crippen LogP contribution in [0.25, 0.3) is 0 Å². The summed E-state index contributed by atoms with van der Waals surface area (Å²) in [6.07, 6.45) is 1.79. The molecule has 2 aromatic rings. The normalized spacial score (nSPS) is 11.2. The molecule has 2 rings (SSSR count). The molecule has 0 saturated heterocycles. The Bertz CT molecular complexity index is 550. The van der Waals surface area contributed by atoms with Crippen LogP contribution < -0.4 is 10.1 Å². The molecule has 0 amide bonds. The molecule has 0 spiro atoms. The summed E-state index contributed by atoms with van der Waals surface area (Å²) in [4.78, 5) is 4.32. The molecule has 0 unspecified atom stereocenters. The molecule has 106 valence electrons. The van der Waals surface area contributed by atoms with E-state index in [4.69, 9.17) is 4.74 Å². The van der Waals surface area contributed by atoms with E-state index in [1.165, 1.54) is 5.56 Å². The Morgan fingerprint density at radius 1 is 1.15 bits per heavy atom. The molecule has 0 saturated carbocycles. The fourth-order valence-electron chi connectivity index (χ4n) is 1.94. The molecule has 0 bridgehead atoms. The molecule has 0 aliphatic carbocycles. The van der Waals surface area contributed by atoms with Gasteiger partial charge in [0, 0.05) is 22.6 Å². The number of rotatable bonds is 5. The Kier molecular flexibility index (Phi) is 4.65. The molecule has 20 heavy (non-hydrogen) atoms. The predicted octanol–water partition coefficient (Wildman–Crippen LogP) is 4.24. The topological polar surface area (TPSA) is 34.1 Å². The highest BCUT2D eigenvalue weighted by molar-refractivity contribution is 9.10. The van der Waals surface area contributed by atoms with Gasteiger partial charge in [0.2, 0.25) is 0 Å². The summed E-state index contributed by atoms with van der Waals surface area (Å²) < 4.78 is 6.18. The first kappa shape index (κ1) is 14.9. The molecule has 0 radical (unpaired) electrons. The van der Waals surface area contributed by atoms with Crippen molar-refractivity contribution in [3.63, 3.8) is 0 Å². The number of ether oxygens (including phenoxy) is 1. The lowest BCUT2D eigenvalue weighted by Gasteiger charge is -2.26. The number of hydrogen-bond donors (Lipinski definition) is 1. The molecule has 0 aliphatic rings. The number of hydrogen-bond acceptors (Lipinski definition) is 3. The number of aromatic nitrogens is 1. The molecule has 1 heterocycles.